The Bertz CT molecular complexity index is 593. The molecule has 0 aromatic heterocycles. The minimum absolute atomic E-state index is 0.116. The third kappa shape index (κ3) is 3.07. The average Bonchev–Trinajstić information content (AvgIpc) is 2.92. The van der Waals surface area contributed by atoms with Gasteiger partial charge in [0, 0.05) is 6.92 Å². The summed E-state index contributed by atoms with van der Waals surface area (Å²) in [7, 11) is 0. The summed E-state index contributed by atoms with van der Waals surface area (Å²) in [6, 6.07) is 0. The van der Waals surface area contributed by atoms with Crippen molar-refractivity contribution in [2.75, 3.05) is 0 Å². The van der Waals surface area contributed by atoms with Gasteiger partial charge < -0.3 is 9.84 Å². The fourth-order valence-electron chi connectivity index (χ4n) is 8.72. The zero-order valence-electron chi connectivity index (χ0n) is 18.1. The van der Waals surface area contributed by atoms with E-state index in [1.165, 1.54) is 44.9 Å². The lowest BCUT2D eigenvalue weighted by molar-refractivity contribution is -0.163. The Balaban J connectivity index is 1.54. The quantitative estimate of drug-likeness (QED) is 0.661. The number of carbonyl (C=O) groups excluding carboxylic acids is 1. The molecule has 4 aliphatic rings. The molecule has 154 valence electrons. The smallest absolute Gasteiger partial charge is 0.302 e. The molecule has 3 nitrogen and oxygen atoms in total. The summed E-state index contributed by atoms with van der Waals surface area (Å²) in [4.78, 5) is 11.4. The second-order valence-corrected chi connectivity index (χ2v) is 11.5. The SMILES string of the molecule is CC(=O)OC1CCC2(C)C(CCC3C2CCC2(C)C3CCC2C(C)(C)O)C1. The Kier molecular flexibility index (Phi) is 4.73. The molecule has 0 saturated heterocycles. The Morgan fingerprint density at radius 3 is 2.30 bits per heavy atom. The summed E-state index contributed by atoms with van der Waals surface area (Å²) in [6.07, 6.45) is 11.3. The number of aliphatic hydroxyl groups is 1. The molecule has 4 rings (SSSR count). The molecular formula is C24H40O3. The highest BCUT2D eigenvalue weighted by Crippen LogP contribution is 2.68. The third-order valence-electron chi connectivity index (χ3n) is 9.80. The van der Waals surface area contributed by atoms with E-state index in [1.54, 1.807) is 6.92 Å². The molecule has 27 heavy (non-hydrogen) atoms. The molecular weight excluding hydrogens is 336 g/mol. The predicted octanol–water partition coefficient (Wildman–Crippen LogP) is 5.35. The van der Waals surface area contributed by atoms with Crippen LogP contribution in [-0.4, -0.2) is 22.8 Å². The number of hydrogen-bond acceptors (Lipinski definition) is 3. The van der Waals surface area contributed by atoms with Crippen molar-refractivity contribution in [1.29, 1.82) is 0 Å². The fourth-order valence-corrected chi connectivity index (χ4v) is 8.72. The van der Waals surface area contributed by atoms with Crippen molar-refractivity contribution >= 4 is 5.97 Å². The normalized spacial score (nSPS) is 49.7. The molecule has 4 aliphatic carbocycles. The lowest BCUT2D eigenvalue weighted by Gasteiger charge is -2.61. The van der Waals surface area contributed by atoms with E-state index in [0.717, 1.165) is 30.6 Å². The van der Waals surface area contributed by atoms with Crippen LogP contribution in [0, 0.1) is 40.4 Å². The van der Waals surface area contributed by atoms with Gasteiger partial charge >= 0.3 is 5.97 Å². The third-order valence-corrected chi connectivity index (χ3v) is 9.80. The van der Waals surface area contributed by atoms with Gasteiger partial charge in [-0.05, 0) is 112 Å². The number of fused-ring (bicyclic) bond motifs is 5. The van der Waals surface area contributed by atoms with Crippen LogP contribution in [0.1, 0.15) is 92.4 Å². The summed E-state index contributed by atoms with van der Waals surface area (Å²) < 4.78 is 5.59. The molecule has 8 atom stereocenters. The second-order valence-electron chi connectivity index (χ2n) is 11.5. The van der Waals surface area contributed by atoms with Crippen molar-refractivity contribution in [2.45, 2.75) is 104 Å². The van der Waals surface area contributed by atoms with Gasteiger partial charge in [-0.1, -0.05) is 13.8 Å². The standard InChI is InChI=1S/C24H40O3/c1-15(25)27-17-10-12-23(4)16(14-17)6-7-18-19-8-9-21(22(2,3)26)24(19,5)13-11-20(18)23/h16-21,26H,6-14H2,1-5H3. The average molecular weight is 377 g/mol. The molecule has 1 N–H and O–H groups in total. The van der Waals surface area contributed by atoms with E-state index in [0.29, 0.717) is 22.7 Å². The molecule has 4 fully saturated rings. The Morgan fingerprint density at radius 2 is 1.63 bits per heavy atom. The van der Waals surface area contributed by atoms with E-state index in [-0.39, 0.29) is 12.1 Å². The Hall–Kier alpha value is -0.570. The lowest BCUT2D eigenvalue weighted by atomic mass is 9.44. The number of esters is 1. The largest absolute Gasteiger partial charge is 0.463 e. The Labute approximate surface area is 165 Å². The summed E-state index contributed by atoms with van der Waals surface area (Å²) in [6.45, 7) is 10.7. The van der Waals surface area contributed by atoms with Crippen LogP contribution in [-0.2, 0) is 9.53 Å². The molecule has 0 radical (unpaired) electrons. The summed E-state index contributed by atoms with van der Waals surface area (Å²) in [5.41, 5.74) is 0.185. The molecule has 0 bridgehead atoms. The van der Waals surface area contributed by atoms with Crippen LogP contribution in [0.5, 0.6) is 0 Å². The van der Waals surface area contributed by atoms with Gasteiger partial charge in [0.15, 0.2) is 0 Å². The summed E-state index contributed by atoms with van der Waals surface area (Å²) >= 11 is 0. The van der Waals surface area contributed by atoms with Gasteiger partial charge in [-0.3, -0.25) is 4.79 Å². The molecule has 0 aromatic carbocycles. The first-order chi connectivity index (χ1) is 12.6. The van der Waals surface area contributed by atoms with Gasteiger partial charge in [0.1, 0.15) is 6.10 Å². The van der Waals surface area contributed by atoms with Crippen LogP contribution in [0.4, 0.5) is 0 Å². The van der Waals surface area contributed by atoms with E-state index < -0.39 is 5.60 Å². The van der Waals surface area contributed by atoms with E-state index in [4.69, 9.17) is 4.74 Å². The highest BCUT2D eigenvalue weighted by Gasteiger charge is 2.61. The van der Waals surface area contributed by atoms with Gasteiger partial charge in [-0.15, -0.1) is 0 Å². The monoisotopic (exact) mass is 376 g/mol. The molecule has 0 aromatic rings. The van der Waals surface area contributed by atoms with Crippen LogP contribution in [0.25, 0.3) is 0 Å². The van der Waals surface area contributed by atoms with Crippen LogP contribution in [0.15, 0.2) is 0 Å². The maximum absolute atomic E-state index is 11.4. The predicted molar refractivity (Wildman–Crippen MR) is 107 cm³/mol. The van der Waals surface area contributed by atoms with Gasteiger partial charge in [0.2, 0.25) is 0 Å². The highest BCUT2D eigenvalue weighted by atomic mass is 16.5. The van der Waals surface area contributed by atoms with Gasteiger partial charge in [0.25, 0.3) is 0 Å². The van der Waals surface area contributed by atoms with E-state index >= 15 is 0 Å². The second kappa shape index (κ2) is 6.47. The van der Waals surface area contributed by atoms with Gasteiger partial charge in [-0.2, -0.15) is 0 Å². The highest BCUT2D eigenvalue weighted by molar-refractivity contribution is 5.66. The zero-order chi connectivity index (χ0) is 19.6. The van der Waals surface area contributed by atoms with Crippen LogP contribution >= 0.6 is 0 Å². The maximum Gasteiger partial charge on any atom is 0.302 e. The van der Waals surface area contributed by atoms with Crippen molar-refractivity contribution < 1.29 is 14.6 Å². The van der Waals surface area contributed by atoms with Crippen LogP contribution in [0.2, 0.25) is 0 Å². The molecule has 0 aliphatic heterocycles. The summed E-state index contributed by atoms with van der Waals surface area (Å²) in [5.74, 6) is 3.50. The molecule has 0 spiro atoms. The van der Waals surface area contributed by atoms with E-state index in [2.05, 4.69) is 13.8 Å². The maximum atomic E-state index is 11.4. The van der Waals surface area contributed by atoms with Crippen molar-refractivity contribution in [2.24, 2.45) is 40.4 Å². The van der Waals surface area contributed by atoms with E-state index in [9.17, 15) is 9.90 Å². The summed E-state index contributed by atoms with van der Waals surface area (Å²) in [5, 5.41) is 10.8. The first-order valence-corrected chi connectivity index (χ1v) is 11.5. The first kappa shape index (κ1) is 19.7. The minimum atomic E-state index is -0.556. The molecule has 0 heterocycles. The van der Waals surface area contributed by atoms with Crippen LogP contribution in [0.3, 0.4) is 0 Å². The van der Waals surface area contributed by atoms with Crippen molar-refractivity contribution in [3.8, 4) is 0 Å². The molecule has 4 saturated carbocycles. The zero-order valence-corrected chi connectivity index (χ0v) is 18.1. The molecule has 0 amide bonds. The van der Waals surface area contributed by atoms with Crippen LogP contribution < -0.4 is 0 Å². The number of hydrogen-bond donors (Lipinski definition) is 1. The van der Waals surface area contributed by atoms with E-state index in [1.807, 2.05) is 13.8 Å². The fraction of sp³-hybridized carbons (Fsp3) is 0.958. The molecule has 8 unspecified atom stereocenters. The van der Waals surface area contributed by atoms with Crippen molar-refractivity contribution in [1.82, 2.24) is 0 Å². The number of ether oxygens (including phenoxy) is 1. The number of carbonyl (C=O) groups is 1. The van der Waals surface area contributed by atoms with Crippen molar-refractivity contribution in [3.05, 3.63) is 0 Å². The minimum Gasteiger partial charge on any atom is -0.463 e. The van der Waals surface area contributed by atoms with Gasteiger partial charge in [-0.25, -0.2) is 0 Å². The Morgan fingerprint density at radius 1 is 0.963 bits per heavy atom. The van der Waals surface area contributed by atoms with Crippen molar-refractivity contribution in [3.63, 3.8) is 0 Å². The molecule has 3 heteroatoms. The first-order valence-electron chi connectivity index (χ1n) is 11.5. The topological polar surface area (TPSA) is 46.5 Å². The van der Waals surface area contributed by atoms with Gasteiger partial charge in [0.05, 0.1) is 5.60 Å². The number of rotatable bonds is 2. The lowest BCUT2D eigenvalue weighted by Crippen LogP contribution is -2.55.